The summed E-state index contributed by atoms with van der Waals surface area (Å²) in [6.45, 7) is 5.94. The van der Waals surface area contributed by atoms with E-state index in [9.17, 15) is 13.2 Å². The molecule has 0 aliphatic heterocycles. The van der Waals surface area contributed by atoms with Crippen molar-refractivity contribution in [1.82, 2.24) is 24.5 Å². The molecule has 1 N–H and O–H groups in total. The molecule has 0 saturated heterocycles. The van der Waals surface area contributed by atoms with E-state index >= 15 is 0 Å². The standard InChI is InChI=1S/C20H30N6O3S2/c1-20(2,3)26-19(22-23-24-26)30-14-18(27)21-15-10-12-17(13-11-15)31(28,29)25(4)16-8-6-5-7-9-16/h10-13,16H,5-9,14H2,1-4H3,(H,21,27). The zero-order chi connectivity index (χ0) is 22.6. The van der Waals surface area contributed by atoms with Gasteiger partial charge in [-0.2, -0.15) is 4.31 Å². The molecule has 3 rings (SSSR count). The third kappa shape index (κ3) is 5.83. The third-order valence-electron chi connectivity index (χ3n) is 5.31. The van der Waals surface area contributed by atoms with Gasteiger partial charge in [0.2, 0.25) is 21.1 Å². The zero-order valence-electron chi connectivity index (χ0n) is 18.4. The van der Waals surface area contributed by atoms with Crippen molar-refractivity contribution in [3.63, 3.8) is 0 Å². The molecule has 1 aliphatic rings. The van der Waals surface area contributed by atoms with Crippen LogP contribution in [0.1, 0.15) is 52.9 Å². The van der Waals surface area contributed by atoms with Gasteiger partial charge in [0, 0.05) is 18.8 Å². The number of carbonyl (C=O) groups excluding carboxylic acids is 1. The van der Waals surface area contributed by atoms with Gasteiger partial charge < -0.3 is 5.32 Å². The van der Waals surface area contributed by atoms with Gasteiger partial charge in [0.05, 0.1) is 16.2 Å². The first-order chi connectivity index (χ1) is 14.6. The molecular formula is C20H30N6O3S2. The van der Waals surface area contributed by atoms with Crippen LogP contribution in [-0.2, 0) is 20.4 Å². The van der Waals surface area contributed by atoms with E-state index in [-0.39, 0.29) is 28.1 Å². The van der Waals surface area contributed by atoms with Crippen LogP contribution in [0.4, 0.5) is 5.69 Å². The number of amides is 1. The Morgan fingerprint density at radius 1 is 1.19 bits per heavy atom. The van der Waals surface area contributed by atoms with Gasteiger partial charge >= 0.3 is 0 Å². The van der Waals surface area contributed by atoms with Gasteiger partial charge in [0.1, 0.15) is 0 Å². The lowest BCUT2D eigenvalue weighted by Gasteiger charge is -2.30. The normalized spacial score (nSPS) is 15.9. The second kappa shape index (κ2) is 9.66. The molecule has 1 aromatic carbocycles. The molecule has 1 fully saturated rings. The first-order valence-corrected chi connectivity index (χ1v) is 12.8. The van der Waals surface area contributed by atoms with Gasteiger partial charge in [-0.1, -0.05) is 31.0 Å². The average Bonchev–Trinajstić information content (AvgIpc) is 3.22. The predicted octanol–water partition coefficient (Wildman–Crippen LogP) is 3.11. The molecule has 1 saturated carbocycles. The number of nitrogens with one attached hydrogen (secondary N) is 1. The number of tetrazole rings is 1. The van der Waals surface area contributed by atoms with E-state index in [1.165, 1.54) is 34.6 Å². The molecule has 1 heterocycles. The summed E-state index contributed by atoms with van der Waals surface area (Å²) in [5.41, 5.74) is 0.259. The Morgan fingerprint density at radius 3 is 2.45 bits per heavy atom. The molecule has 0 unspecified atom stereocenters. The molecule has 2 aromatic rings. The maximum Gasteiger partial charge on any atom is 0.243 e. The number of hydrogen-bond donors (Lipinski definition) is 1. The van der Waals surface area contributed by atoms with Gasteiger partial charge in [-0.3, -0.25) is 4.79 Å². The topological polar surface area (TPSA) is 110 Å². The number of carbonyl (C=O) groups is 1. The monoisotopic (exact) mass is 466 g/mol. The third-order valence-corrected chi connectivity index (χ3v) is 8.16. The van der Waals surface area contributed by atoms with Crippen molar-refractivity contribution in [3.8, 4) is 0 Å². The van der Waals surface area contributed by atoms with E-state index in [1.54, 1.807) is 23.9 Å². The van der Waals surface area contributed by atoms with Crippen LogP contribution in [0.3, 0.4) is 0 Å². The van der Waals surface area contributed by atoms with E-state index in [0.717, 1.165) is 25.7 Å². The summed E-state index contributed by atoms with van der Waals surface area (Å²) in [5, 5.41) is 15.0. The lowest BCUT2D eigenvalue weighted by molar-refractivity contribution is -0.113. The average molecular weight is 467 g/mol. The number of nitrogens with zero attached hydrogens (tertiary/aromatic N) is 5. The van der Waals surface area contributed by atoms with E-state index in [2.05, 4.69) is 20.8 Å². The molecule has 9 nitrogen and oxygen atoms in total. The smallest absolute Gasteiger partial charge is 0.243 e. The van der Waals surface area contributed by atoms with Crippen LogP contribution in [0, 0.1) is 0 Å². The van der Waals surface area contributed by atoms with Gasteiger partial charge in [0.25, 0.3) is 0 Å². The number of sulfonamides is 1. The van der Waals surface area contributed by atoms with Crippen molar-refractivity contribution < 1.29 is 13.2 Å². The van der Waals surface area contributed by atoms with Crippen LogP contribution >= 0.6 is 11.8 Å². The van der Waals surface area contributed by atoms with Crippen LogP contribution in [0.15, 0.2) is 34.3 Å². The lowest BCUT2D eigenvalue weighted by Crippen LogP contribution is -2.38. The summed E-state index contributed by atoms with van der Waals surface area (Å²) >= 11 is 1.25. The molecule has 0 spiro atoms. The Balaban J connectivity index is 1.59. The van der Waals surface area contributed by atoms with E-state index in [1.807, 2.05) is 20.8 Å². The number of benzene rings is 1. The highest BCUT2D eigenvalue weighted by molar-refractivity contribution is 7.99. The molecule has 1 amide bonds. The zero-order valence-corrected chi connectivity index (χ0v) is 20.0. The van der Waals surface area contributed by atoms with Crippen molar-refractivity contribution in [2.24, 2.45) is 0 Å². The van der Waals surface area contributed by atoms with Crippen LogP contribution in [0.25, 0.3) is 0 Å². The molecule has 170 valence electrons. The van der Waals surface area contributed by atoms with Crippen LogP contribution in [0.5, 0.6) is 0 Å². The van der Waals surface area contributed by atoms with Crippen molar-refractivity contribution >= 4 is 33.4 Å². The van der Waals surface area contributed by atoms with Crippen LogP contribution < -0.4 is 5.32 Å². The first kappa shape index (κ1) is 23.7. The summed E-state index contributed by atoms with van der Waals surface area (Å²) in [5.74, 6) is -0.0793. The summed E-state index contributed by atoms with van der Waals surface area (Å²) in [6, 6.07) is 6.36. The Bertz CT molecular complexity index is 993. The second-order valence-corrected chi connectivity index (χ2v) is 11.7. The maximum atomic E-state index is 12.9. The molecule has 0 bridgehead atoms. The maximum absolute atomic E-state index is 12.9. The molecule has 0 radical (unpaired) electrons. The Labute approximate surface area is 188 Å². The number of rotatable bonds is 7. The van der Waals surface area contributed by atoms with Crippen molar-refractivity contribution in [3.05, 3.63) is 24.3 Å². The first-order valence-electron chi connectivity index (χ1n) is 10.4. The minimum absolute atomic E-state index is 0.0554. The Kier molecular flexibility index (Phi) is 7.38. The summed E-state index contributed by atoms with van der Waals surface area (Å²) in [4.78, 5) is 12.6. The number of thioether (sulfide) groups is 1. The Morgan fingerprint density at radius 2 is 1.84 bits per heavy atom. The minimum Gasteiger partial charge on any atom is -0.325 e. The number of hydrogen-bond acceptors (Lipinski definition) is 7. The fourth-order valence-corrected chi connectivity index (χ4v) is 5.81. The molecule has 31 heavy (non-hydrogen) atoms. The number of anilines is 1. The van der Waals surface area contributed by atoms with Crippen LogP contribution in [0.2, 0.25) is 0 Å². The molecule has 11 heteroatoms. The van der Waals surface area contributed by atoms with E-state index in [4.69, 9.17) is 0 Å². The van der Waals surface area contributed by atoms with Crippen molar-refractivity contribution in [2.45, 2.75) is 74.5 Å². The van der Waals surface area contributed by atoms with Crippen molar-refractivity contribution in [1.29, 1.82) is 0 Å². The summed E-state index contributed by atoms with van der Waals surface area (Å²) in [6.07, 6.45) is 5.10. The molecule has 1 aliphatic carbocycles. The molecular weight excluding hydrogens is 436 g/mol. The van der Waals surface area contributed by atoms with Crippen LogP contribution in [-0.4, -0.2) is 57.7 Å². The fourth-order valence-electron chi connectivity index (χ4n) is 3.53. The minimum atomic E-state index is -3.55. The Hall–Kier alpha value is -1.98. The quantitative estimate of drug-likeness (QED) is 0.624. The van der Waals surface area contributed by atoms with Gasteiger partial charge in [-0.15, -0.1) is 5.10 Å². The highest BCUT2D eigenvalue weighted by Crippen LogP contribution is 2.27. The van der Waals surface area contributed by atoms with Gasteiger partial charge in [-0.25, -0.2) is 13.1 Å². The largest absolute Gasteiger partial charge is 0.325 e. The number of aromatic nitrogens is 4. The summed E-state index contributed by atoms with van der Waals surface area (Å²) in [7, 11) is -1.89. The van der Waals surface area contributed by atoms with E-state index in [0.29, 0.717) is 10.8 Å². The highest BCUT2D eigenvalue weighted by atomic mass is 32.2. The molecule has 0 atom stereocenters. The second-order valence-electron chi connectivity index (χ2n) is 8.72. The SMILES string of the molecule is CN(C1CCCCC1)S(=O)(=O)c1ccc(NC(=O)CSc2nnnn2C(C)(C)C)cc1. The fraction of sp³-hybridized carbons (Fsp3) is 0.600. The molecule has 1 aromatic heterocycles. The lowest BCUT2D eigenvalue weighted by atomic mass is 9.96. The van der Waals surface area contributed by atoms with Crippen molar-refractivity contribution in [2.75, 3.05) is 18.1 Å². The highest BCUT2D eigenvalue weighted by Gasteiger charge is 2.29. The predicted molar refractivity (Wildman–Crippen MR) is 120 cm³/mol. The summed E-state index contributed by atoms with van der Waals surface area (Å²) < 4.78 is 29.0. The van der Waals surface area contributed by atoms with Gasteiger partial charge in [0.15, 0.2) is 0 Å². The van der Waals surface area contributed by atoms with Gasteiger partial charge in [-0.05, 0) is 68.3 Å². The van der Waals surface area contributed by atoms with E-state index < -0.39 is 10.0 Å².